The lowest BCUT2D eigenvalue weighted by atomic mass is 9.60. The highest BCUT2D eigenvalue weighted by atomic mass is 16.5. The van der Waals surface area contributed by atoms with Crippen molar-refractivity contribution < 1.29 is 33.4 Å². The van der Waals surface area contributed by atoms with Crippen LogP contribution in [0.4, 0.5) is 0 Å². The smallest absolute Gasteiger partial charge is 0.331 e. The fourth-order valence-corrected chi connectivity index (χ4v) is 5.93. The van der Waals surface area contributed by atoms with Gasteiger partial charge in [-0.25, -0.2) is 4.79 Å². The van der Waals surface area contributed by atoms with Crippen LogP contribution >= 0.6 is 0 Å². The molecule has 4 rings (SSSR count). The predicted octanol–water partition coefficient (Wildman–Crippen LogP) is 5.16. The van der Waals surface area contributed by atoms with Gasteiger partial charge in [0.25, 0.3) is 0 Å². The minimum absolute atomic E-state index is 0.00282. The number of allylic oxidation sites excluding steroid dienone is 4. The van der Waals surface area contributed by atoms with E-state index in [9.17, 15) is 19.5 Å². The first kappa shape index (κ1) is 24.0. The number of ketones is 1. The Labute approximate surface area is 199 Å². The van der Waals surface area contributed by atoms with E-state index in [0.717, 1.165) is 29.6 Å². The number of esters is 2. The molecule has 182 valence electrons. The van der Waals surface area contributed by atoms with Crippen LogP contribution in [0.25, 0.3) is 0 Å². The standard InChI is InChI=1S/C27H32O7/c1-15-19(12-21(28)32-5)26(2,3)24(31)18(23(15)30)11-16-7-6-9-27(4)20(16)13-22(29)34-25(27)17-8-10-33-14-17/h7-8,10,13-15,19,25,31H,6,9,11-12H2,1-5H3/t15-,19?,25-,27+/m0/s1. The molecule has 0 aromatic carbocycles. The number of rotatable bonds is 5. The van der Waals surface area contributed by atoms with Gasteiger partial charge in [-0.3, -0.25) is 9.59 Å². The van der Waals surface area contributed by atoms with E-state index in [1.54, 1.807) is 25.5 Å². The number of furan rings is 1. The van der Waals surface area contributed by atoms with E-state index in [0.29, 0.717) is 5.57 Å². The molecule has 4 atom stereocenters. The second-order valence-electron chi connectivity index (χ2n) is 10.4. The minimum atomic E-state index is -0.783. The summed E-state index contributed by atoms with van der Waals surface area (Å²) in [5, 5.41) is 11.2. The average Bonchev–Trinajstić information content (AvgIpc) is 3.33. The topological polar surface area (TPSA) is 103 Å². The molecule has 1 N–H and O–H groups in total. The molecule has 1 aliphatic heterocycles. The van der Waals surface area contributed by atoms with Gasteiger partial charge in [0.15, 0.2) is 5.78 Å². The number of methoxy groups -OCH3 is 1. The van der Waals surface area contributed by atoms with Crippen LogP contribution in [0.2, 0.25) is 0 Å². The molecule has 1 aromatic rings. The monoisotopic (exact) mass is 468 g/mol. The number of carbonyl (C=O) groups excluding carboxylic acids is 3. The van der Waals surface area contributed by atoms with Crippen LogP contribution in [-0.2, 0) is 23.9 Å². The average molecular weight is 469 g/mol. The molecule has 0 spiro atoms. The molecule has 0 bridgehead atoms. The molecule has 7 nitrogen and oxygen atoms in total. The molecule has 1 aromatic heterocycles. The third kappa shape index (κ3) is 3.81. The van der Waals surface area contributed by atoms with Crippen molar-refractivity contribution in [3.05, 3.63) is 58.8 Å². The van der Waals surface area contributed by atoms with Crippen LogP contribution in [0.1, 0.15) is 65.0 Å². The summed E-state index contributed by atoms with van der Waals surface area (Å²) in [4.78, 5) is 37.9. The predicted molar refractivity (Wildman–Crippen MR) is 123 cm³/mol. The molecule has 0 saturated carbocycles. The number of Topliss-reactive ketones (excluding diaryl/α,β-unsaturated/α-hetero) is 1. The van der Waals surface area contributed by atoms with Crippen molar-refractivity contribution in [1.29, 1.82) is 0 Å². The fraction of sp³-hybridized carbons (Fsp3) is 0.519. The number of hydrogen-bond acceptors (Lipinski definition) is 7. The fourth-order valence-electron chi connectivity index (χ4n) is 5.93. The van der Waals surface area contributed by atoms with E-state index in [1.165, 1.54) is 13.2 Å². The van der Waals surface area contributed by atoms with Gasteiger partial charge in [-0.05, 0) is 36.0 Å². The zero-order chi connectivity index (χ0) is 24.8. The van der Waals surface area contributed by atoms with Gasteiger partial charge in [0, 0.05) is 46.8 Å². The third-order valence-electron chi connectivity index (χ3n) is 8.06. The Kier molecular flexibility index (Phi) is 6.08. The van der Waals surface area contributed by atoms with Gasteiger partial charge in [0.05, 0.1) is 19.6 Å². The molecular weight excluding hydrogens is 436 g/mol. The molecule has 3 aliphatic rings. The lowest BCUT2D eigenvalue weighted by molar-refractivity contribution is -0.152. The highest BCUT2D eigenvalue weighted by molar-refractivity contribution is 6.00. The molecule has 2 heterocycles. The Bertz CT molecular complexity index is 1100. The van der Waals surface area contributed by atoms with E-state index in [-0.39, 0.29) is 30.3 Å². The van der Waals surface area contributed by atoms with E-state index in [4.69, 9.17) is 13.9 Å². The van der Waals surface area contributed by atoms with E-state index in [2.05, 4.69) is 6.92 Å². The van der Waals surface area contributed by atoms with Gasteiger partial charge in [-0.15, -0.1) is 0 Å². The van der Waals surface area contributed by atoms with E-state index >= 15 is 0 Å². The first-order valence-electron chi connectivity index (χ1n) is 11.7. The number of cyclic esters (lactones) is 1. The SMILES string of the molecule is COC(=O)CC1[C@H](C)C(=O)C(CC2=CCC[C@]3(C)C2=CC(=O)O[C@H]3c2ccoc2)=C(O)C1(C)C. The largest absolute Gasteiger partial charge is 0.511 e. The summed E-state index contributed by atoms with van der Waals surface area (Å²) >= 11 is 0. The highest BCUT2D eigenvalue weighted by Gasteiger charge is 2.50. The number of ether oxygens (including phenoxy) is 2. The van der Waals surface area contributed by atoms with Crippen LogP contribution in [-0.4, -0.2) is 29.9 Å². The van der Waals surface area contributed by atoms with Gasteiger partial charge in [0.1, 0.15) is 11.9 Å². The zero-order valence-electron chi connectivity index (χ0n) is 20.3. The number of fused-ring (bicyclic) bond motifs is 1. The molecule has 0 radical (unpaired) electrons. The maximum Gasteiger partial charge on any atom is 0.331 e. The highest BCUT2D eigenvalue weighted by Crippen LogP contribution is 2.55. The third-order valence-corrected chi connectivity index (χ3v) is 8.06. The maximum absolute atomic E-state index is 13.4. The maximum atomic E-state index is 13.4. The molecule has 1 unspecified atom stereocenters. The van der Waals surface area contributed by atoms with Crippen molar-refractivity contribution in [2.45, 2.75) is 59.5 Å². The van der Waals surface area contributed by atoms with Crippen LogP contribution in [0.3, 0.4) is 0 Å². The molecule has 0 saturated heterocycles. The minimum Gasteiger partial charge on any atom is -0.511 e. The van der Waals surface area contributed by atoms with Crippen molar-refractivity contribution >= 4 is 17.7 Å². The van der Waals surface area contributed by atoms with Crippen LogP contribution < -0.4 is 0 Å². The quantitative estimate of drug-likeness (QED) is 0.596. The molecule has 0 amide bonds. The summed E-state index contributed by atoms with van der Waals surface area (Å²) in [5.41, 5.74) is 1.55. The number of aliphatic hydroxyl groups excluding tert-OH is 1. The number of carbonyl (C=O) groups is 3. The van der Waals surface area contributed by atoms with E-state index < -0.39 is 34.8 Å². The van der Waals surface area contributed by atoms with Crippen LogP contribution in [0, 0.1) is 22.7 Å². The van der Waals surface area contributed by atoms with Crippen molar-refractivity contribution in [1.82, 2.24) is 0 Å². The summed E-state index contributed by atoms with van der Waals surface area (Å²) in [6.45, 7) is 7.57. The normalized spacial score (nSPS) is 30.8. The Morgan fingerprint density at radius 1 is 1.26 bits per heavy atom. The van der Waals surface area contributed by atoms with E-state index in [1.807, 2.05) is 19.9 Å². The summed E-state index contributed by atoms with van der Waals surface area (Å²) < 4.78 is 15.8. The van der Waals surface area contributed by atoms with Crippen molar-refractivity contribution in [2.24, 2.45) is 22.7 Å². The first-order valence-corrected chi connectivity index (χ1v) is 11.7. The molecule has 7 heteroatoms. The van der Waals surface area contributed by atoms with Gasteiger partial charge in [0.2, 0.25) is 0 Å². The van der Waals surface area contributed by atoms with Gasteiger partial charge < -0.3 is 19.0 Å². The zero-order valence-corrected chi connectivity index (χ0v) is 20.3. The summed E-state index contributed by atoms with van der Waals surface area (Å²) in [7, 11) is 1.32. The lowest BCUT2D eigenvalue weighted by Crippen LogP contribution is -2.43. The number of aliphatic hydroxyl groups is 1. The van der Waals surface area contributed by atoms with Gasteiger partial charge >= 0.3 is 11.9 Å². The molecule has 2 aliphatic carbocycles. The van der Waals surface area contributed by atoms with Crippen molar-refractivity contribution in [2.75, 3.05) is 7.11 Å². The van der Waals surface area contributed by atoms with Crippen molar-refractivity contribution in [3.63, 3.8) is 0 Å². The Balaban J connectivity index is 1.70. The molecule has 0 fully saturated rings. The second kappa shape index (κ2) is 8.60. The second-order valence-corrected chi connectivity index (χ2v) is 10.4. The number of hydrogen-bond donors (Lipinski definition) is 1. The molecule has 34 heavy (non-hydrogen) atoms. The van der Waals surface area contributed by atoms with Crippen molar-refractivity contribution in [3.8, 4) is 0 Å². The lowest BCUT2D eigenvalue weighted by Gasteiger charge is -2.45. The summed E-state index contributed by atoms with van der Waals surface area (Å²) in [6.07, 6.45) is 8.01. The van der Waals surface area contributed by atoms with Crippen LogP contribution in [0.5, 0.6) is 0 Å². The van der Waals surface area contributed by atoms with Gasteiger partial charge in [-0.2, -0.15) is 0 Å². The Morgan fingerprint density at radius 3 is 2.65 bits per heavy atom. The Morgan fingerprint density at radius 2 is 2.00 bits per heavy atom. The van der Waals surface area contributed by atoms with Gasteiger partial charge in [-0.1, -0.05) is 33.8 Å². The van der Waals surface area contributed by atoms with Crippen LogP contribution in [0.15, 0.2) is 57.6 Å². The molecular formula is C27H32O7. The summed E-state index contributed by atoms with van der Waals surface area (Å²) in [6, 6.07) is 1.80. The first-order chi connectivity index (χ1) is 16.0. The Hall–Kier alpha value is -3.09. The summed E-state index contributed by atoms with van der Waals surface area (Å²) in [5.74, 6) is -1.86.